The monoisotopic (exact) mass is 712 g/mol. The average Bonchev–Trinajstić information content (AvgIpc) is 3.77. The molecule has 0 N–H and O–H groups in total. The summed E-state index contributed by atoms with van der Waals surface area (Å²) in [5.41, 5.74) is 10.2. The van der Waals surface area contributed by atoms with Crippen molar-refractivity contribution in [3.63, 3.8) is 0 Å². The lowest BCUT2D eigenvalue weighted by Crippen LogP contribution is -2.09. The van der Waals surface area contributed by atoms with Gasteiger partial charge in [0.05, 0.1) is 17.0 Å². The van der Waals surface area contributed by atoms with Crippen molar-refractivity contribution >= 4 is 54.1 Å². The minimum Gasteiger partial charge on any atom is -0.309 e. The van der Waals surface area contributed by atoms with Gasteiger partial charge < -0.3 is 4.57 Å². The van der Waals surface area contributed by atoms with Gasteiger partial charge >= 0.3 is 0 Å². The van der Waals surface area contributed by atoms with E-state index in [-0.39, 0.29) is 5.92 Å². The molecule has 0 bridgehead atoms. The summed E-state index contributed by atoms with van der Waals surface area (Å²) < 4.78 is 2.45. The van der Waals surface area contributed by atoms with Crippen molar-refractivity contribution in [3.05, 3.63) is 205 Å². The van der Waals surface area contributed by atoms with Crippen LogP contribution in [0.1, 0.15) is 22.9 Å². The van der Waals surface area contributed by atoms with Crippen LogP contribution in [-0.2, 0) is 0 Å². The summed E-state index contributed by atoms with van der Waals surface area (Å²) in [4.78, 5) is 15.6. The second-order valence-corrected chi connectivity index (χ2v) is 14.7. The number of nitrogens with zero attached hydrogens (tertiary/aromatic N) is 4. The van der Waals surface area contributed by atoms with E-state index in [4.69, 9.17) is 15.0 Å². The van der Waals surface area contributed by atoms with Crippen LogP contribution >= 0.6 is 0 Å². The molecule has 2 aromatic heterocycles. The van der Waals surface area contributed by atoms with Gasteiger partial charge in [0.15, 0.2) is 11.6 Å². The van der Waals surface area contributed by atoms with Crippen LogP contribution in [0.2, 0.25) is 0 Å². The molecule has 4 nitrogen and oxygen atoms in total. The summed E-state index contributed by atoms with van der Waals surface area (Å²) in [5.74, 6) is 1.90. The Morgan fingerprint density at radius 1 is 0.339 bits per heavy atom. The second kappa shape index (κ2) is 12.0. The van der Waals surface area contributed by atoms with E-state index in [2.05, 4.69) is 156 Å². The quantitative estimate of drug-likeness (QED) is 0.171. The van der Waals surface area contributed by atoms with Crippen LogP contribution in [0.5, 0.6) is 0 Å². The molecule has 56 heavy (non-hydrogen) atoms. The molecule has 0 amide bonds. The van der Waals surface area contributed by atoms with Gasteiger partial charge in [-0.15, -0.1) is 0 Å². The molecule has 0 saturated heterocycles. The fourth-order valence-electron chi connectivity index (χ4n) is 9.20. The van der Waals surface area contributed by atoms with E-state index < -0.39 is 0 Å². The summed E-state index contributed by atoms with van der Waals surface area (Å²) in [6.45, 7) is 0. The van der Waals surface area contributed by atoms with Crippen molar-refractivity contribution in [1.82, 2.24) is 19.5 Å². The van der Waals surface area contributed by atoms with Gasteiger partial charge in [-0.05, 0) is 91.0 Å². The summed E-state index contributed by atoms with van der Waals surface area (Å²) >= 11 is 0. The van der Waals surface area contributed by atoms with Crippen LogP contribution in [0.25, 0.3) is 93.7 Å². The van der Waals surface area contributed by atoms with E-state index in [0.717, 1.165) is 28.2 Å². The molecule has 0 spiro atoms. The smallest absolute Gasteiger partial charge is 0.163 e. The second-order valence-electron chi connectivity index (χ2n) is 14.7. The van der Waals surface area contributed by atoms with Gasteiger partial charge in [-0.25, -0.2) is 15.0 Å². The van der Waals surface area contributed by atoms with E-state index in [1.165, 1.54) is 70.9 Å². The molecule has 9 aromatic carbocycles. The van der Waals surface area contributed by atoms with Gasteiger partial charge in [-0.3, -0.25) is 0 Å². The first-order valence-corrected chi connectivity index (χ1v) is 19.2. The topological polar surface area (TPSA) is 43.6 Å². The number of hydrogen-bond donors (Lipinski definition) is 0. The number of hydrogen-bond acceptors (Lipinski definition) is 3. The molecule has 0 fully saturated rings. The van der Waals surface area contributed by atoms with Gasteiger partial charge in [-0.1, -0.05) is 152 Å². The molecule has 1 atom stereocenters. The Kier molecular flexibility index (Phi) is 6.66. The lowest BCUT2D eigenvalue weighted by Gasteiger charge is -2.16. The summed E-state index contributed by atoms with van der Waals surface area (Å²) in [6, 6.07) is 67.4. The van der Waals surface area contributed by atoms with Gasteiger partial charge in [-0.2, -0.15) is 0 Å². The van der Waals surface area contributed by atoms with Crippen molar-refractivity contribution in [2.75, 3.05) is 0 Å². The Labute approximate surface area is 323 Å². The number of para-hydroxylation sites is 1. The standard InChI is InChI=1S/C52H32N4/c1-4-16-32(17-5-1)50-53-51(33-18-6-2-7-19-33)55-52(54-50)49-40-27-15-14-26-39(40)42-29-45-44-28-41-37-24-12-10-22-35(37)36-23-11-13-25-38(36)43(41)30-47(44)56(48(45)31-46(42)49)34-20-8-3-9-21-34/h1-31,49H. The Balaban J connectivity index is 1.18. The lowest BCUT2D eigenvalue weighted by atomic mass is 9.92. The highest BCUT2D eigenvalue weighted by atomic mass is 15.0. The van der Waals surface area contributed by atoms with Gasteiger partial charge in [0.2, 0.25) is 0 Å². The zero-order valence-electron chi connectivity index (χ0n) is 30.3. The van der Waals surface area contributed by atoms with Crippen molar-refractivity contribution in [2.24, 2.45) is 0 Å². The van der Waals surface area contributed by atoms with Crippen molar-refractivity contribution in [1.29, 1.82) is 0 Å². The van der Waals surface area contributed by atoms with E-state index in [9.17, 15) is 0 Å². The number of benzene rings is 9. The maximum absolute atomic E-state index is 5.28. The van der Waals surface area contributed by atoms with E-state index in [1.807, 2.05) is 36.4 Å². The predicted molar refractivity (Wildman–Crippen MR) is 230 cm³/mol. The normalized spacial score (nSPS) is 13.5. The van der Waals surface area contributed by atoms with Gasteiger partial charge in [0, 0.05) is 27.6 Å². The van der Waals surface area contributed by atoms with Gasteiger partial charge in [0.1, 0.15) is 5.82 Å². The molecular weight excluding hydrogens is 681 g/mol. The summed E-state index contributed by atoms with van der Waals surface area (Å²) in [6.07, 6.45) is 0. The van der Waals surface area contributed by atoms with Gasteiger partial charge in [0.25, 0.3) is 0 Å². The third-order valence-corrected chi connectivity index (χ3v) is 11.7. The minimum absolute atomic E-state index is 0.187. The summed E-state index contributed by atoms with van der Waals surface area (Å²) in [7, 11) is 0. The van der Waals surface area contributed by atoms with Crippen LogP contribution in [-0.4, -0.2) is 19.5 Å². The molecule has 11 aromatic rings. The average molecular weight is 713 g/mol. The highest BCUT2D eigenvalue weighted by Crippen LogP contribution is 2.51. The summed E-state index contributed by atoms with van der Waals surface area (Å²) in [5, 5.41) is 10.1. The van der Waals surface area contributed by atoms with E-state index >= 15 is 0 Å². The molecule has 0 aliphatic heterocycles. The number of rotatable bonds is 4. The SMILES string of the molecule is c1ccc(-c2nc(-c3ccccc3)nc(C3c4ccccc4-c4cc5c6cc7c8ccccc8c8ccccc8c7cc6n(-c6ccccc6)c5cc43)n2)cc1. The molecule has 12 rings (SSSR count). The Bertz CT molecular complexity index is 3290. The highest BCUT2D eigenvalue weighted by Gasteiger charge is 2.34. The maximum atomic E-state index is 5.28. The van der Waals surface area contributed by atoms with E-state index in [1.54, 1.807) is 0 Å². The Morgan fingerprint density at radius 3 is 1.45 bits per heavy atom. The fourth-order valence-corrected chi connectivity index (χ4v) is 9.20. The molecule has 1 aliphatic rings. The minimum atomic E-state index is -0.187. The molecule has 1 aliphatic carbocycles. The molecule has 260 valence electrons. The molecule has 4 heteroatoms. The Morgan fingerprint density at radius 2 is 0.821 bits per heavy atom. The van der Waals surface area contributed by atoms with Crippen LogP contribution in [0, 0.1) is 0 Å². The zero-order chi connectivity index (χ0) is 36.7. The molecule has 0 saturated carbocycles. The largest absolute Gasteiger partial charge is 0.309 e. The Hall–Kier alpha value is -7.43. The van der Waals surface area contributed by atoms with Crippen LogP contribution in [0.4, 0.5) is 0 Å². The van der Waals surface area contributed by atoms with Crippen LogP contribution < -0.4 is 0 Å². The van der Waals surface area contributed by atoms with E-state index in [0.29, 0.717) is 11.6 Å². The van der Waals surface area contributed by atoms with Crippen LogP contribution in [0.15, 0.2) is 188 Å². The molecular formula is C52H32N4. The third kappa shape index (κ3) is 4.56. The molecule has 2 heterocycles. The predicted octanol–water partition coefficient (Wildman–Crippen LogP) is 12.9. The van der Waals surface area contributed by atoms with Crippen molar-refractivity contribution in [3.8, 4) is 39.6 Å². The first-order valence-electron chi connectivity index (χ1n) is 19.2. The van der Waals surface area contributed by atoms with Crippen molar-refractivity contribution < 1.29 is 0 Å². The maximum Gasteiger partial charge on any atom is 0.163 e. The first kappa shape index (κ1) is 31.0. The lowest BCUT2D eigenvalue weighted by molar-refractivity contribution is 0.856. The number of fused-ring (bicyclic) bond motifs is 12. The van der Waals surface area contributed by atoms with Crippen molar-refractivity contribution in [2.45, 2.75) is 5.92 Å². The first-order chi connectivity index (χ1) is 27.8. The third-order valence-electron chi connectivity index (χ3n) is 11.7. The highest BCUT2D eigenvalue weighted by molar-refractivity contribution is 6.29. The fraction of sp³-hybridized carbons (Fsp3) is 0.0192. The van der Waals surface area contributed by atoms with Crippen LogP contribution in [0.3, 0.4) is 0 Å². The molecule has 0 radical (unpaired) electrons. The number of aromatic nitrogens is 4. The molecule has 1 unspecified atom stereocenters. The zero-order valence-corrected chi connectivity index (χ0v) is 30.3.